The van der Waals surface area contributed by atoms with E-state index in [1.165, 1.54) is 57.8 Å². The maximum atomic E-state index is 5.77. The second-order valence-electron chi connectivity index (χ2n) is 5.33. The predicted molar refractivity (Wildman–Crippen MR) is 83.9 cm³/mol. The fourth-order valence-electron chi connectivity index (χ4n) is 2.54. The van der Waals surface area contributed by atoms with Crippen LogP contribution in [0.25, 0.3) is 0 Å². The number of hydrogen-bond acceptors (Lipinski definition) is 1. The Morgan fingerprint density at radius 3 is 2.47 bits per heavy atom. The van der Waals surface area contributed by atoms with Crippen LogP contribution in [-0.4, -0.2) is 18.5 Å². The Hall–Kier alpha value is 0. The van der Waals surface area contributed by atoms with Gasteiger partial charge in [0.05, 0.1) is 0 Å². The lowest BCUT2D eigenvalue weighted by Crippen LogP contribution is -2.33. The third-order valence-electron chi connectivity index (χ3n) is 3.71. The first-order chi connectivity index (χ1) is 7.84. The van der Waals surface area contributed by atoms with Crippen molar-refractivity contribution in [1.82, 2.24) is 5.32 Å². The van der Waals surface area contributed by atoms with Gasteiger partial charge in [0.2, 0.25) is 0 Å². The Morgan fingerprint density at radius 1 is 1.12 bits per heavy atom. The van der Waals surface area contributed by atoms with Crippen molar-refractivity contribution >= 4 is 29.9 Å². The van der Waals surface area contributed by atoms with Gasteiger partial charge in [0.25, 0.3) is 0 Å². The monoisotopic (exact) mass is 351 g/mol. The number of rotatable bonds is 5. The Kier molecular flexibility index (Phi) is 7.23. The molecule has 2 saturated carbocycles. The van der Waals surface area contributed by atoms with Gasteiger partial charge in [0.1, 0.15) is 0 Å². The minimum Gasteiger partial charge on any atom is -0.370 e. The van der Waals surface area contributed by atoms with Crippen molar-refractivity contribution in [3.63, 3.8) is 0 Å². The minimum atomic E-state index is 0. The number of nitrogens with two attached hydrogens (primary N) is 1. The second kappa shape index (κ2) is 8.16. The molecular weight excluding hydrogens is 325 g/mol. The quantitative estimate of drug-likeness (QED) is 0.346. The summed E-state index contributed by atoms with van der Waals surface area (Å²) < 4.78 is 0. The smallest absolute Gasteiger partial charge is 0.188 e. The Balaban J connectivity index is 0.00000144. The number of nitrogens with one attached hydrogen (secondary N) is 1. The zero-order valence-electron chi connectivity index (χ0n) is 10.7. The fraction of sp³-hybridized carbons (Fsp3) is 0.923. The van der Waals surface area contributed by atoms with Crippen molar-refractivity contribution in [2.24, 2.45) is 16.6 Å². The molecule has 0 bridgehead atoms. The molecule has 0 aromatic heterocycles. The van der Waals surface area contributed by atoms with Crippen molar-refractivity contribution in [1.29, 1.82) is 0 Å². The lowest BCUT2D eigenvalue weighted by molar-refractivity contribution is 0.334. The summed E-state index contributed by atoms with van der Waals surface area (Å²) in [4.78, 5) is 4.37. The molecule has 0 amide bonds. The Bertz CT molecular complexity index is 233. The number of halogens is 1. The molecule has 2 fully saturated rings. The summed E-state index contributed by atoms with van der Waals surface area (Å²) in [5, 5.41) is 3.22. The normalized spacial score (nSPS) is 22.0. The maximum absolute atomic E-state index is 5.77. The molecule has 0 heterocycles. The van der Waals surface area contributed by atoms with E-state index in [-0.39, 0.29) is 24.0 Å². The standard InChI is InChI=1S/C13H25N3.HI/c14-13(16-12-8-9-12)15-10-4-7-11-5-2-1-3-6-11;/h11-12H,1-10H2,(H3,14,15,16);1H. The van der Waals surface area contributed by atoms with Crippen LogP contribution in [0.3, 0.4) is 0 Å². The van der Waals surface area contributed by atoms with Crippen LogP contribution in [0.15, 0.2) is 4.99 Å². The molecule has 17 heavy (non-hydrogen) atoms. The summed E-state index contributed by atoms with van der Waals surface area (Å²) in [6, 6.07) is 0.627. The molecule has 3 nitrogen and oxygen atoms in total. The van der Waals surface area contributed by atoms with Gasteiger partial charge < -0.3 is 11.1 Å². The van der Waals surface area contributed by atoms with Crippen LogP contribution in [0.2, 0.25) is 0 Å². The summed E-state index contributed by atoms with van der Waals surface area (Å²) in [5.41, 5.74) is 5.77. The molecule has 2 rings (SSSR count). The van der Waals surface area contributed by atoms with Gasteiger partial charge in [-0.3, -0.25) is 4.99 Å². The molecule has 100 valence electrons. The number of nitrogens with zero attached hydrogens (tertiary/aromatic N) is 1. The van der Waals surface area contributed by atoms with Gasteiger partial charge in [-0.05, 0) is 31.6 Å². The van der Waals surface area contributed by atoms with Gasteiger partial charge in [-0.1, -0.05) is 32.1 Å². The topological polar surface area (TPSA) is 50.4 Å². The van der Waals surface area contributed by atoms with Crippen molar-refractivity contribution < 1.29 is 0 Å². The van der Waals surface area contributed by atoms with E-state index in [0.717, 1.165) is 12.5 Å². The first-order valence-electron chi connectivity index (χ1n) is 6.91. The summed E-state index contributed by atoms with van der Waals surface area (Å²) in [6.07, 6.45) is 12.3. The van der Waals surface area contributed by atoms with Gasteiger partial charge in [-0.2, -0.15) is 0 Å². The van der Waals surface area contributed by atoms with Crippen LogP contribution in [0.5, 0.6) is 0 Å². The summed E-state index contributed by atoms with van der Waals surface area (Å²) in [5.74, 6) is 1.63. The predicted octanol–water partition coefficient (Wildman–Crippen LogP) is 3.03. The molecule has 0 unspecified atom stereocenters. The first kappa shape index (κ1) is 15.1. The molecule has 2 aliphatic rings. The van der Waals surface area contributed by atoms with E-state index < -0.39 is 0 Å². The zero-order valence-corrected chi connectivity index (χ0v) is 13.0. The third kappa shape index (κ3) is 6.48. The number of guanidine groups is 1. The van der Waals surface area contributed by atoms with Crippen LogP contribution in [0, 0.1) is 5.92 Å². The Morgan fingerprint density at radius 2 is 1.82 bits per heavy atom. The highest BCUT2D eigenvalue weighted by Crippen LogP contribution is 2.27. The molecule has 3 N–H and O–H groups in total. The van der Waals surface area contributed by atoms with E-state index in [1.54, 1.807) is 0 Å². The van der Waals surface area contributed by atoms with Crippen LogP contribution in [-0.2, 0) is 0 Å². The van der Waals surface area contributed by atoms with E-state index in [4.69, 9.17) is 5.73 Å². The molecule has 0 saturated heterocycles. The first-order valence-corrected chi connectivity index (χ1v) is 6.91. The minimum absolute atomic E-state index is 0. The average molecular weight is 351 g/mol. The molecule has 0 radical (unpaired) electrons. The van der Waals surface area contributed by atoms with Crippen LogP contribution in [0.1, 0.15) is 57.8 Å². The molecule has 0 aromatic carbocycles. The van der Waals surface area contributed by atoms with E-state index in [2.05, 4.69) is 10.3 Å². The SMILES string of the molecule is I.NC(=NCCCC1CCCCC1)NC1CC1. The van der Waals surface area contributed by atoms with Crippen molar-refractivity contribution in [2.45, 2.75) is 63.8 Å². The van der Waals surface area contributed by atoms with Crippen molar-refractivity contribution in [2.75, 3.05) is 6.54 Å². The highest BCUT2D eigenvalue weighted by atomic mass is 127. The second-order valence-corrected chi connectivity index (χ2v) is 5.33. The zero-order chi connectivity index (χ0) is 11.2. The molecule has 0 aliphatic heterocycles. The van der Waals surface area contributed by atoms with Gasteiger partial charge in [-0.15, -0.1) is 24.0 Å². The molecule has 0 atom stereocenters. The van der Waals surface area contributed by atoms with E-state index >= 15 is 0 Å². The van der Waals surface area contributed by atoms with E-state index in [0.29, 0.717) is 12.0 Å². The lowest BCUT2D eigenvalue weighted by Gasteiger charge is -2.20. The van der Waals surface area contributed by atoms with Crippen molar-refractivity contribution in [3.05, 3.63) is 0 Å². The van der Waals surface area contributed by atoms with Crippen LogP contribution < -0.4 is 11.1 Å². The van der Waals surface area contributed by atoms with Gasteiger partial charge in [-0.25, -0.2) is 0 Å². The van der Waals surface area contributed by atoms with Gasteiger partial charge in [0, 0.05) is 12.6 Å². The summed E-state index contributed by atoms with van der Waals surface area (Å²) in [6.45, 7) is 0.905. The number of aliphatic imine (C=N–C) groups is 1. The Labute approximate surface area is 122 Å². The highest BCUT2D eigenvalue weighted by molar-refractivity contribution is 14.0. The van der Waals surface area contributed by atoms with E-state index in [9.17, 15) is 0 Å². The fourth-order valence-corrected chi connectivity index (χ4v) is 2.54. The highest BCUT2D eigenvalue weighted by Gasteiger charge is 2.21. The lowest BCUT2D eigenvalue weighted by atomic mass is 9.86. The van der Waals surface area contributed by atoms with Crippen LogP contribution >= 0.6 is 24.0 Å². The molecule has 0 aromatic rings. The average Bonchev–Trinajstić information content (AvgIpc) is 3.10. The summed E-state index contributed by atoms with van der Waals surface area (Å²) >= 11 is 0. The largest absolute Gasteiger partial charge is 0.370 e. The maximum Gasteiger partial charge on any atom is 0.188 e. The van der Waals surface area contributed by atoms with Gasteiger partial charge in [0.15, 0.2) is 5.96 Å². The molecule has 0 spiro atoms. The molecule has 4 heteroatoms. The number of hydrogen-bond donors (Lipinski definition) is 2. The van der Waals surface area contributed by atoms with Crippen LogP contribution in [0.4, 0.5) is 0 Å². The van der Waals surface area contributed by atoms with E-state index in [1.807, 2.05) is 0 Å². The molecular formula is C13H26IN3. The molecule has 2 aliphatic carbocycles. The summed E-state index contributed by atoms with van der Waals surface area (Å²) in [7, 11) is 0. The van der Waals surface area contributed by atoms with Crippen molar-refractivity contribution in [3.8, 4) is 0 Å². The third-order valence-corrected chi connectivity index (χ3v) is 3.71. The van der Waals surface area contributed by atoms with Gasteiger partial charge >= 0.3 is 0 Å².